The Morgan fingerprint density at radius 3 is 2.31 bits per heavy atom. The molecule has 0 saturated heterocycles. The Morgan fingerprint density at radius 1 is 0.846 bits per heavy atom. The van der Waals surface area contributed by atoms with E-state index >= 15 is 0 Å². The normalized spacial score (nSPS) is 55.4. The smallest absolute Gasteiger partial charge is 0.00440 e. The Balaban J connectivity index is 1.44. The minimum Gasteiger partial charge on any atom is -0.328 e. The van der Waals surface area contributed by atoms with E-state index in [9.17, 15) is 0 Å². The topological polar surface area (TPSA) is 26.0 Å². The lowest BCUT2D eigenvalue weighted by Crippen LogP contribution is -2.57. The van der Waals surface area contributed by atoms with Crippen molar-refractivity contribution >= 4 is 0 Å². The van der Waals surface area contributed by atoms with Crippen LogP contribution >= 0.6 is 0 Å². The summed E-state index contributed by atoms with van der Waals surface area (Å²) in [6, 6.07) is 0.393. The maximum absolute atomic E-state index is 6.52. The summed E-state index contributed by atoms with van der Waals surface area (Å²) >= 11 is 0. The van der Waals surface area contributed by atoms with E-state index in [0.29, 0.717) is 11.5 Å². The van der Waals surface area contributed by atoms with Crippen molar-refractivity contribution in [1.29, 1.82) is 0 Å². The van der Waals surface area contributed by atoms with Crippen LogP contribution in [0.3, 0.4) is 0 Å². The van der Waals surface area contributed by atoms with Gasteiger partial charge in [0.1, 0.15) is 0 Å². The first-order chi connectivity index (χ1) is 12.5. The molecular weight excluding hydrogens is 314 g/mol. The summed E-state index contributed by atoms with van der Waals surface area (Å²) in [5.41, 5.74) is 7.85. The fourth-order valence-electron chi connectivity index (χ4n) is 9.68. The Bertz CT molecular complexity index is 536. The number of nitrogens with two attached hydrogens (primary N) is 1. The Labute approximate surface area is 162 Å². The van der Waals surface area contributed by atoms with Crippen LogP contribution in [0.25, 0.3) is 0 Å². The fraction of sp³-hybridized carbons (Fsp3) is 1.00. The molecule has 0 aromatic carbocycles. The average Bonchev–Trinajstić information content (AvgIpc) is 3.45. The lowest BCUT2D eigenvalue weighted by molar-refractivity contribution is -0.146. The molecule has 5 rings (SSSR count). The van der Waals surface area contributed by atoms with Crippen molar-refractivity contribution in [2.45, 2.75) is 104 Å². The lowest BCUT2D eigenvalue weighted by Gasteiger charge is -2.64. The summed E-state index contributed by atoms with van der Waals surface area (Å²) in [4.78, 5) is 0. The van der Waals surface area contributed by atoms with Gasteiger partial charge in [0.25, 0.3) is 0 Å². The van der Waals surface area contributed by atoms with Crippen LogP contribution in [-0.4, -0.2) is 6.04 Å². The zero-order valence-corrected chi connectivity index (χ0v) is 17.7. The van der Waals surface area contributed by atoms with E-state index in [1.54, 1.807) is 38.5 Å². The Morgan fingerprint density at radius 2 is 1.58 bits per heavy atom. The SMILES string of the molecule is CC(N)[C@H]1CCCC2[C@@H]3CC[C@]4(C5CC5)C[C@@H](C)CC[C@@H]4C3CC[C@@]21C. The molecule has 0 radical (unpaired) electrons. The molecule has 5 aliphatic carbocycles. The third kappa shape index (κ3) is 2.51. The van der Waals surface area contributed by atoms with Gasteiger partial charge in [-0.05, 0) is 123 Å². The van der Waals surface area contributed by atoms with E-state index in [4.69, 9.17) is 5.73 Å². The van der Waals surface area contributed by atoms with Crippen LogP contribution in [0.5, 0.6) is 0 Å². The fourth-order valence-corrected chi connectivity index (χ4v) is 9.68. The predicted molar refractivity (Wildman–Crippen MR) is 110 cm³/mol. The van der Waals surface area contributed by atoms with E-state index in [1.165, 1.54) is 38.5 Å². The molecule has 0 aliphatic heterocycles. The molecule has 0 bridgehead atoms. The summed E-state index contributed by atoms with van der Waals surface area (Å²) < 4.78 is 0. The van der Waals surface area contributed by atoms with E-state index in [2.05, 4.69) is 20.8 Å². The lowest BCUT2D eigenvalue weighted by atomic mass is 9.41. The van der Waals surface area contributed by atoms with E-state index in [0.717, 1.165) is 46.8 Å². The summed E-state index contributed by atoms with van der Waals surface area (Å²) in [5, 5.41) is 0. The monoisotopic (exact) mass is 357 g/mol. The van der Waals surface area contributed by atoms with E-state index in [-0.39, 0.29) is 0 Å². The molecule has 1 nitrogen and oxygen atoms in total. The molecule has 2 N–H and O–H groups in total. The van der Waals surface area contributed by atoms with Gasteiger partial charge >= 0.3 is 0 Å². The highest BCUT2D eigenvalue weighted by atomic mass is 14.7. The third-order valence-electron chi connectivity index (χ3n) is 10.7. The highest BCUT2D eigenvalue weighted by Crippen LogP contribution is 2.70. The quantitative estimate of drug-likeness (QED) is 0.607. The van der Waals surface area contributed by atoms with Gasteiger partial charge in [-0.25, -0.2) is 0 Å². The molecule has 9 atom stereocenters. The summed E-state index contributed by atoms with van der Waals surface area (Å²) in [7, 11) is 0. The Hall–Kier alpha value is -0.0400. The standard InChI is InChI=1S/C25H43N/c1-16-7-10-23-20-11-13-24(3)21(17(2)26)5-4-6-22(24)19(20)12-14-25(23,15-16)18-8-9-18/h16-23H,4-15,26H2,1-3H3/t16-,17?,19+,20?,21+,22?,23+,24+,25+/m0/s1. The molecule has 0 aromatic rings. The minimum absolute atomic E-state index is 0.393. The van der Waals surface area contributed by atoms with Crippen molar-refractivity contribution < 1.29 is 0 Å². The second-order valence-electron chi connectivity index (χ2n) is 11.9. The van der Waals surface area contributed by atoms with Gasteiger partial charge in [-0.15, -0.1) is 0 Å². The van der Waals surface area contributed by atoms with Gasteiger partial charge in [0, 0.05) is 6.04 Å². The van der Waals surface area contributed by atoms with Crippen LogP contribution in [0.2, 0.25) is 0 Å². The molecule has 3 unspecified atom stereocenters. The highest BCUT2D eigenvalue weighted by Gasteiger charge is 2.61. The van der Waals surface area contributed by atoms with Gasteiger partial charge in [0.05, 0.1) is 0 Å². The molecule has 148 valence electrons. The molecule has 0 heterocycles. The van der Waals surface area contributed by atoms with Crippen molar-refractivity contribution in [2.75, 3.05) is 0 Å². The van der Waals surface area contributed by atoms with Crippen LogP contribution in [0.1, 0.15) is 97.8 Å². The zero-order chi connectivity index (χ0) is 18.1. The van der Waals surface area contributed by atoms with Crippen LogP contribution in [0.15, 0.2) is 0 Å². The molecule has 0 amide bonds. The van der Waals surface area contributed by atoms with Crippen molar-refractivity contribution in [3.05, 3.63) is 0 Å². The van der Waals surface area contributed by atoms with Gasteiger partial charge in [-0.3, -0.25) is 0 Å². The summed E-state index contributed by atoms with van der Waals surface area (Å²) in [5.74, 6) is 7.08. The van der Waals surface area contributed by atoms with Crippen molar-refractivity contribution in [3.8, 4) is 0 Å². The first-order valence-electron chi connectivity index (χ1n) is 12.2. The maximum atomic E-state index is 6.52. The molecule has 5 aliphatic rings. The highest BCUT2D eigenvalue weighted by molar-refractivity contribution is 5.11. The maximum Gasteiger partial charge on any atom is 0.00440 e. The molecule has 0 spiro atoms. The zero-order valence-electron chi connectivity index (χ0n) is 17.7. The first kappa shape index (κ1) is 18.0. The number of hydrogen-bond donors (Lipinski definition) is 1. The molecule has 26 heavy (non-hydrogen) atoms. The van der Waals surface area contributed by atoms with Crippen LogP contribution in [-0.2, 0) is 0 Å². The Kier molecular flexibility index (Phi) is 4.32. The summed E-state index contributed by atoms with van der Waals surface area (Å²) in [6.45, 7) is 7.51. The second-order valence-corrected chi connectivity index (χ2v) is 11.9. The van der Waals surface area contributed by atoms with Gasteiger partial charge in [-0.2, -0.15) is 0 Å². The first-order valence-corrected chi connectivity index (χ1v) is 12.2. The van der Waals surface area contributed by atoms with Gasteiger partial charge in [0.15, 0.2) is 0 Å². The molecule has 5 fully saturated rings. The number of rotatable bonds is 2. The van der Waals surface area contributed by atoms with Crippen LogP contribution in [0, 0.1) is 52.3 Å². The molecule has 5 saturated carbocycles. The van der Waals surface area contributed by atoms with E-state index in [1.807, 2.05) is 0 Å². The van der Waals surface area contributed by atoms with E-state index < -0.39 is 0 Å². The molecule has 1 heteroatoms. The third-order valence-corrected chi connectivity index (χ3v) is 10.7. The van der Waals surface area contributed by atoms with Crippen LogP contribution < -0.4 is 5.73 Å². The minimum atomic E-state index is 0.393. The second kappa shape index (κ2) is 6.23. The molecular formula is C25H43N. The summed E-state index contributed by atoms with van der Waals surface area (Å²) in [6.07, 6.45) is 18.3. The van der Waals surface area contributed by atoms with Gasteiger partial charge < -0.3 is 5.73 Å². The largest absolute Gasteiger partial charge is 0.328 e. The molecule has 0 aromatic heterocycles. The van der Waals surface area contributed by atoms with Crippen molar-refractivity contribution in [1.82, 2.24) is 0 Å². The average molecular weight is 358 g/mol. The number of hydrogen-bond acceptors (Lipinski definition) is 1. The van der Waals surface area contributed by atoms with Crippen molar-refractivity contribution in [3.63, 3.8) is 0 Å². The van der Waals surface area contributed by atoms with Gasteiger partial charge in [-0.1, -0.05) is 26.7 Å². The predicted octanol–water partition coefficient (Wildman–Crippen LogP) is 6.41. The van der Waals surface area contributed by atoms with Gasteiger partial charge in [0.2, 0.25) is 0 Å². The van der Waals surface area contributed by atoms with Crippen molar-refractivity contribution in [2.24, 2.45) is 58.0 Å². The van der Waals surface area contributed by atoms with Crippen LogP contribution in [0.4, 0.5) is 0 Å². The number of fused-ring (bicyclic) bond motifs is 5.